The van der Waals surface area contributed by atoms with E-state index in [1.54, 1.807) is 11.3 Å². The molecule has 0 fully saturated rings. The molecule has 138 valence electrons. The first-order chi connectivity index (χ1) is 11.6. The first kappa shape index (κ1) is 19.5. The Balaban J connectivity index is 2.01. The minimum Gasteiger partial charge on any atom is -0.488 e. The molecule has 1 aliphatic rings. The van der Waals surface area contributed by atoms with Gasteiger partial charge in [0.15, 0.2) is 11.5 Å². The molecule has 2 heterocycles. The van der Waals surface area contributed by atoms with E-state index < -0.39 is 5.41 Å². The van der Waals surface area contributed by atoms with Crippen LogP contribution in [0.25, 0.3) is 0 Å². The molecule has 0 bridgehead atoms. The molecule has 0 aromatic carbocycles. The van der Waals surface area contributed by atoms with Crippen molar-refractivity contribution < 1.29 is 29.2 Å². The van der Waals surface area contributed by atoms with Crippen LogP contribution >= 0.6 is 11.3 Å². The van der Waals surface area contributed by atoms with Crippen LogP contribution in [-0.4, -0.2) is 63.1 Å². The molecule has 7 heteroatoms. The topological polar surface area (TPSA) is 77.4 Å². The van der Waals surface area contributed by atoms with Crippen LogP contribution in [0.5, 0.6) is 11.5 Å². The van der Waals surface area contributed by atoms with Gasteiger partial charge in [-0.2, -0.15) is 0 Å². The minimum atomic E-state index is -0.402. The van der Waals surface area contributed by atoms with Crippen LogP contribution in [0.15, 0.2) is 0 Å². The van der Waals surface area contributed by atoms with Crippen molar-refractivity contribution in [2.75, 3.05) is 52.9 Å². The Morgan fingerprint density at radius 1 is 0.917 bits per heavy atom. The molecule has 0 aliphatic carbocycles. The largest absolute Gasteiger partial charge is 0.488 e. The Hall–Kier alpha value is -0.860. The van der Waals surface area contributed by atoms with Gasteiger partial charge in [0.05, 0.1) is 18.6 Å². The van der Waals surface area contributed by atoms with Crippen LogP contribution in [-0.2, 0) is 9.47 Å². The Morgan fingerprint density at radius 2 is 1.38 bits per heavy atom. The fraction of sp³-hybridized carbons (Fsp3) is 0.765. The Labute approximate surface area is 147 Å². The van der Waals surface area contributed by atoms with E-state index in [0.29, 0.717) is 52.5 Å². The average molecular weight is 360 g/mol. The molecule has 2 rings (SSSR count). The second-order valence-corrected chi connectivity index (χ2v) is 7.64. The smallest absolute Gasteiger partial charge is 0.175 e. The molecule has 24 heavy (non-hydrogen) atoms. The summed E-state index contributed by atoms with van der Waals surface area (Å²) in [4.78, 5) is 2.22. The molecule has 1 aliphatic heterocycles. The minimum absolute atomic E-state index is 0.113. The number of hydrogen-bond donors (Lipinski definition) is 2. The Bertz CT molecular complexity index is 459. The molecule has 2 N–H and O–H groups in total. The number of aryl methyl sites for hydroxylation is 2. The van der Waals surface area contributed by atoms with Gasteiger partial charge in [-0.1, -0.05) is 0 Å². The third-order valence-electron chi connectivity index (χ3n) is 3.91. The molecule has 0 atom stereocenters. The highest BCUT2D eigenvalue weighted by molar-refractivity contribution is 7.12. The van der Waals surface area contributed by atoms with E-state index in [-0.39, 0.29) is 13.2 Å². The fourth-order valence-electron chi connectivity index (χ4n) is 2.59. The van der Waals surface area contributed by atoms with E-state index in [0.717, 1.165) is 21.3 Å². The van der Waals surface area contributed by atoms with Gasteiger partial charge in [0.2, 0.25) is 0 Å². The fourth-order valence-corrected chi connectivity index (χ4v) is 3.54. The predicted octanol–water partition coefficient (Wildman–Crippen LogP) is 1.92. The lowest BCUT2D eigenvalue weighted by Gasteiger charge is -2.30. The number of rotatable bonds is 10. The molecule has 0 amide bonds. The van der Waals surface area contributed by atoms with E-state index in [2.05, 4.69) is 0 Å². The zero-order chi connectivity index (χ0) is 17.4. The average Bonchev–Trinajstić information content (AvgIpc) is 2.73. The van der Waals surface area contributed by atoms with E-state index in [1.807, 2.05) is 13.8 Å². The number of aliphatic hydroxyl groups excluding tert-OH is 2. The highest BCUT2D eigenvalue weighted by Gasteiger charge is 2.37. The molecule has 6 nitrogen and oxygen atoms in total. The van der Waals surface area contributed by atoms with Crippen LogP contribution in [0.1, 0.15) is 22.6 Å². The summed E-state index contributed by atoms with van der Waals surface area (Å²) < 4.78 is 23.6. The van der Waals surface area contributed by atoms with Crippen molar-refractivity contribution >= 4 is 11.3 Å². The van der Waals surface area contributed by atoms with Crippen LogP contribution in [0.3, 0.4) is 0 Å². The summed E-state index contributed by atoms with van der Waals surface area (Å²) in [6, 6.07) is 0. The van der Waals surface area contributed by atoms with Gasteiger partial charge in [0.1, 0.15) is 13.2 Å². The number of ether oxygens (including phenoxy) is 4. The van der Waals surface area contributed by atoms with Crippen LogP contribution in [0.2, 0.25) is 0 Å². The number of aliphatic hydroxyl groups is 2. The van der Waals surface area contributed by atoms with Crippen molar-refractivity contribution in [3.05, 3.63) is 9.75 Å². The molecule has 0 spiro atoms. The summed E-state index contributed by atoms with van der Waals surface area (Å²) >= 11 is 1.68. The van der Waals surface area contributed by atoms with Gasteiger partial charge in [-0.25, -0.2) is 0 Å². The zero-order valence-electron chi connectivity index (χ0n) is 14.5. The van der Waals surface area contributed by atoms with Gasteiger partial charge in [0.25, 0.3) is 0 Å². The van der Waals surface area contributed by atoms with E-state index in [9.17, 15) is 0 Å². The number of fused-ring (bicyclic) bond motifs is 1. The van der Waals surface area contributed by atoms with E-state index >= 15 is 0 Å². The maximum Gasteiger partial charge on any atom is 0.175 e. The van der Waals surface area contributed by atoms with Gasteiger partial charge >= 0.3 is 0 Å². The summed E-state index contributed by atoms with van der Waals surface area (Å²) in [7, 11) is 0. The lowest BCUT2D eigenvalue weighted by molar-refractivity contribution is -0.0623. The van der Waals surface area contributed by atoms with Gasteiger partial charge in [-0.3, -0.25) is 0 Å². The Kier molecular flexibility index (Phi) is 7.77. The van der Waals surface area contributed by atoms with Crippen molar-refractivity contribution in [3.8, 4) is 11.5 Å². The monoisotopic (exact) mass is 360 g/mol. The first-order valence-corrected chi connectivity index (χ1v) is 9.16. The second kappa shape index (κ2) is 9.58. The molecule has 0 unspecified atom stereocenters. The maximum absolute atomic E-state index is 8.89. The number of hydrogen-bond acceptors (Lipinski definition) is 7. The highest BCUT2D eigenvalue weighted by Crippen LogP contribution is 2.44. The van der Waals surface area contributed by atoms with Crippen molar-refractivity contribution in [1.29, 1.82) is 0 Å². The van der Waals surface area contributed by atoms with Gasteiger partial charge in [-0.05, 0) is 26.7 Å². The van der Waals surface area contributed by atoms with Crippen LogP contribution in [0.4, 0.5) is 0 Å². The molecule has 1 aromatic heterocycles. The van der Waals surface area contributed by atoms with Gasteiger partial charge < -0.3 is 29.2 Å². The summed E-state index contributed by atoms with van der Waals surface area (Å²) in [6.45, 7) is 7.07. The van der Waals surface area contributed by atoms with Crippen LogP contribution < -0.4 is 9.47 Å². The quantitative estimate of drug-likeness (QED) is 0.621. The molecular weight excluding hydrogens is 332 g/mol. The SMILES string of the molecule is Cc1sc(C)c2c1OCC(COCCCO)(COCCCO)CO2. The molecule has 0 radical (unpaired) electrons. The van der Waals surface area contributed by atoms with Crippen molar-refractivity contribution in [2.45, 2.75) is 26.7 Å². The zero-order valence-corrected chi connectivity index (χ0v) is 15.3. The first-order valence-electron chi connectivity index (χ1n) is 8.35. The van der Waals surface area contributed by atoms with Crippen molar-refractivity contribution in [1.82, 2.24) is 0 Å². The highest BCUT2D eigenvalue weighted by atomic mass is 32.1. The summed E-state index contributed by atoms with van der Waals surface area (Å²) in [6.07, 6.45) is 1.21. The summed E-state index contributed by atoms with van der Waals surface area (Å²) in [5.74, 6) is 1.65. The Morgan fingerprint density at radius 3 is 1.79 bits per heavy atom. The van der Waals surface area contributed by atoms with Crippen molar-refractivity contribution in [2.24, 2.45) is 5.41 Å². The maximum atomic E-state index is 8.89. The van der Waals surface area contributed by atoms with E-state index in [1.165, 1.54) is 0 Å². The number of thiophene rings is 1. The van der Waals surface area contributed by atoms with Gasteiger partial charge in [-0.15, -0.1) is 11.3 Å². The summed E-state index contributed by atoms with van der Waals surface area (Å²) in [5, 5.41) is 17.8. The van der Waals surface area contributed by atoms with Gasteiger partial charge in [0, 0.05) is 36.2 Å². The standard InChI is InChI=1S/C17H28O6S/c1-13-15-16(14(2)24-13)23-12-17(11-22-15,9-20-7-3-5-18)10-21-8-4-6-19/h18-19H,3-12H2,1-2H3. The lowest BCUT2D eigenvalue weighted by atomic mass is 9.92. The van der Waals surface area contributed by atoms with Crippen LogP contribution in [0, 0.1) is 19.3 Å². The third-order valence-corrected chi connectivity index (χ3v) is 4.89. The van der Waals surface area contributed by atoms with Crippen molar-refractivity contribution in [3.63, 3.8) is 0 Å². The second-order valence-electron chi connectivity index (χ2n) is 6.21. The molecule has 0 saturated heterocycles. The molecular formula is C17H28O6S. The molecule has 1 aromatic rings. The van der Waals surface area contributed by atoms with E-state index in [4.69, 9.17) is 29.2 Å². The lowest BCUT2D eigenvalue weighted by Crippen LogP contribution is -2.42. The summed E-state index contributed by atoms with van der Waals surface area (Å²) in [5.41, 5.74) is -0.402. The molecule has 0 saturated carbocycles. The normalized spacial score (nSPS) is 16.2. The third kappa shape index (κ3) is 5.07. The predicted molar refractivity (Wildman–Crippen MR) is 92.3 cm³/mol.